The van der Waals surface area contributed by atoms with Crippen molar-refractivity contribution in [3.63, 3.8) is 0 Å². The van der Waals surface area contributed by atoms with Crippen LogP contribution in [0.1, 0.15) is 19.7 Å². The zero-order valence-electron chi connectivity index (χ0n) is 12.1. The zero-order chi connectivity index (χ0) is 14.8. The summed E-state index contributed by atoms with van der Waals surface area (Å²) in [6.45, 7) is 4.61. The van der Waals surface area contributed by atoms with Gasteiger partial charge in [-0.15, -0.1) is 21.5 Å². The van der Waals surface area contributed by atoms with Gasteiger partial charge in [0.05, 0.1) is 11.8 Å². The highest BCUT2D eigenvalue weighted by molar-refractivity contribution is 7.15. The minimum Gasteiger partial charge on any atom is -0.491 e. The topological polar surface area (TPSA) is 65.4 Å². The minimum atomic E-state index is 0.178. The van der Waals surface area contributed by atoms with Gasteiger partial charge in [0, 0.05) is 11.8 Å². The summed E-state index contributed by atoms with van der Waals surface area (Å²) in [5.41, 5.74) is 7.86. The van der Waals surface area contributed by atoms with Crippen molar-refractivity contribution in [1.29, 1.82) is 0 Å². The molecular weight excluding hydrogens is 284 g/mol. The number of nitrogens with two attached hydrogens (primary N) is 1. The molecule has 1 aromatic carbocycles. The van der Waals surface area contributed by atoms with Crippen LogP contribution >= 0.6 is 11.3 Å². The van der Waals surface area contributed by atoms with E-state index < -0.39 is 0 Å². The van der Waals surface area contributed by atoms with Crippen LogP contribution in [0.4, 0.5) is 0 Å². The molecule has 6 heteroatoms. The van der Waals surface area contributed by atoms with Crippen LogP contribution in [0.2, 0.25) is 0 Å². The molecule has 0 aliphatic heterocycles. The van der Waals surface area contributed by atoms with Crippen LogP contribution < -0.4 is 10.5 Å². The third-order valence-corrected chi connectivity index (χ3v) is 3.92. The number of benzene rings is 1. The van der Waals surface area contributed by atoms with Gasteiger partial charge in [0.1, 0.15) is 11.6 Å². The first kappa shape index (κ1) is 14.0. The number of thiazole rings is 1. The number of aromatic nitrogens is 3. The molecule has 0 radical (unpaired) electrons. The quantitative estimate of drug-likeness (QED) is 0.787. The number of hydrogen-bond acceptors (Lipinski definition) is 5. The lowest BCUT2D eigenvalue weighted by atomic mass is 10.1. The van der Waals surface area contributed by atoms with Crippen LogP contribution in [-0.2, 0) is 6.42 Å². The lowest BCUT2D eigenvalue weighted by molar-refractivity contribution is 0.242. The Bertz CT molecular complexity index is 730. The van der Waals surface area contributed by atoms with Gasteiger partial charge in [0.2, 0.25) is 4.96 Å². The van der Waals surface area contributed by atoms with Gasteiger partial charge < -0.3 is 10.5 Å². The molecule has 0 saturated heterocycles. The van der Waals surface area contributed by atoms with E-state index in [1.54, 1.807) is 11.3 Å². The number of fused-ring (bicyclic) bond motifs is 1. The van der Waals surface area contributed by atoms with Gasteiger partial charge in [0.25, 0.3) is 0 Å². The second-order valence-corrected chi connectivity index (χ2v) is 5.92. The average molecular weight is 302 g/mol. The molecule has 21 heavy (non-hydrogen) atoms. The van der Waals surface area contributed by atoms with Crippen LogP contribution in [0.3, 0.4) is 0 Å². The molecule has 2 N–H and O–H groups in total. The number of hydrogen-bond donors (Lipinski definition) is 1. The monoisotopic (exact) mass is 302 g/mol. The van der Waals surface area contributed by atoms with Crippen LogP contribution in [0.25, 0.3) is 16.2 Å². The Morgan fingerprint density at radius 2 is 2.00 bits per heavy atom. The fraction of sp³-hybridized carbons (Fsp3) is 0.333. The highest BCUT2D eigenvalue weighted by atomic mass is 32.1. The Labute approximate surface area is 127 Å². The van der Waals surface area contributed by atoms with E-state index in [-0.39, 0.29) is 6.10 Å². The molecule has 0 saturated carbocycles. The number of ether oxygens (including phenoxy) is 1. The maximum atomic E-state index is 5.68. The van der Waals surface area contributed by atoms with Crippen molar-refractivity contribution in [3.8, 4) is 17.0 Å². The summed E-state index contributed by atoms with van der Waals surface area (Å²) >= 11 is 1.59. The van der Waals surface area contributed by atoms with E-state index in [1.165, 1.54) is 0 Å². The molecule has 2 aromatic heterocycles. The Hall–Kier alpha value is -1.92. The summed E-state index contributed by atoms with van der Waals surface area (Å²) in [4.78, 5) is 0.899. The van der Waals surface area contributed by atoms with Crippen LogP contribution in [0, 0.1) is 0 Å². The maximum absolute atomic E-state index is 5.68. The van der Waals surface area contributed by atoms with E-state index >= 15 is 0 Å². The normalized spacial score (nSPS) is 11.4. The van der Waals surface area contributed by atoms with E-state index in [0.717, 1.165) is 34.2 Å². The van der Waals surface area contributed by atoms with Crippen LogP contribution in [0.15, 0.2) is 29.6 Å². The Morgan fingerprint density at radius 3 is 2.67 bits per heavy atom. The zero-order valence-corrected chi connectivity index (χ0v) is 12.9. The van der Waals surface area contributed by atoms with Crippen molar-refractivity contribution >= 4 is 16.3 Å². The summed E-state index contributed by atoms with van der Waals surface area (Å²) < 4.78 is 7.76. The van der Waals surface area contributed by atoms with E-state index in [9.17, 15) is 0 Å². The van der Waals surface area contributed by atoms with E-state index in [2.05, 4.69) is 32.1 Å². The number of nitrogens with zero attached hydrogens (tertiary/aromatic N) is 3. The smallest absolute Gasteiger partial charge is 0.216 e. The van der Waals surface area contributed by atoms with E-state index in [0.29, 0.717) is 6.54 Å². The first-order valence-corrected chi connectivity index (χ1v) is 7.85. The van der Waals surface area contributed by atoms with Gasteiger partial charge in [-0.1, -0.05) is 0 Å². The van der Waals surface area contributed by atoms with Crippen molar-refractivity contribution in [2.45, 2.75) is 26.4 Å². The van der Waals surface area contributed by atoms with Gasteiger partial charge in [-0.2, -0.15) is 0 Å². The van der Waals surface area contributed by atoms with E-state index in [4.69, 9.17) is 10.5 Å². The van der Waals surface area contributed by atoms with Crippen LogP contribution in [0.5, 0.6) is 5.75 Å². The third kappa shape index (κ3) is 2.77. The molecule has 110 valence electrons. The minimum absolute atomic E-state index is 0.178. The maximum Gasteiger partial charge on any atom is 0.216 e. The average Bonchev–Trinajstić information content (AvgIpc) is 3.03. The predicted octanol–water partition coefficient (Wildman–Crippen LogP) is 2.75. The molecule has 3 rings (SSSR count). The van der Waals surface area contributed by atoms with Gasteiger partial charge in [-0.05, 0) is 50.2 Å². The lowest BCUT2D eigenvalue weighted by Gasteiger charge is -2.10. The Kier molecular flexibility index (Phi) is 3.90. The first-order valence-electron chi connectivity index (χ1n) is 6.97. The second-order valence-electron chi connectivity index (χ2n) is 5.08. The SMILES string of the molecule is CC(C)Oc1ccc(-c2csc3nnc(CCN)n23)cc1. The summed E-state index contributed by atoms with van der Waals surface area (Å²) in [7, 11) is 0. The summed E-state index contributed by atoms with van der Waals surface area (Å²) in [6, 6.07) is 8.11. The fourth-order valence-corrected chi connectivity index (χ4v) is 3.10. The molecule has 0 bridgehead atoms. The van der Waals surface area contributed by atoms with Gasteiger partial charge in [-0.25, -0.2) is 0 Å². The molecule has 0 amide bonds. The molecule has 0 fully saturated rings. The highest BCUT2D eigenvalue weighted by Crippen LogP contribution is 2.28. The number of rotatable bonds is 5. The largest absolute Gasteiger partial charge is 0.491 e. The second kappa shape index (κ2) is 5.83. The third-order valence-electron chi connectivity index (χ3n) is 3.11. The van der Waals surface area contributed by atoms with Gasteiger partial charge >= 0.3 is 0 Å². The van der Waals surface area contributed by atoms with Crippen molar-refractivity contribution in [1.82, 2.24) is 14.6 Å². The molecule has 0 spiro atoms. The van der Waals surface area contributed by atoms with Crippen molar-refractivity contribution in [2.24, 2.45) is 5.73 Å². The molecule has 0 aliphatic rings. The molecule has 0 aliphatic carbocycles. The fourth-order valence-electron chi connectivity index (χ4n) is 2.24. The molecule has 2 heterocycles. The standard InChI is InChI=1S/C15H18N4OS/c1-10(2)20-12-5-3-11(4-6-12)13-9-21-15-18-17-14(7-8-16)19(13)15/h3-6,9-10H,7-8,16H2,1-2H3. The summed E-state index contributed by atoms with van der Waals surface area (Å²) in [5.74, 6) is 1.79. The molecule has 0 unspecified atom stereocenters. The summed E-state index contributed by atoms with van der Waals surface area (Å²) in [6.07, 6.45) is 0.900. The van der Waals surface area contributed by atoms with Gasteiger partial charge in [-0.3, -0.25) is 4.40 Å². The first-order chi connectivity index (χ1) is 10.2. The Morgan fingerprint density at radius 1 is 1.24 bits per heavy atom. The van der Waals surface area contributed by atoms with Crippen LogP contribution in [-0.4, -0.2) is 27.2 Å². The highest BCUT2D eigenvalue weighted by Gasteiger charge is 2.12. The van der Waals surface area contributed by atoms with Crippen molar-refractivity contribution in [3.05, 3.63) is 35.5 Å². The summed E-state index contributed by atoms with van der Waals surface area (Å²) in [5, 5.41) is 10.5. The molecule has 3 aromatic rings. The lowest BCUT2D eigenvalue weighted by Crippen LogP contribution is -2.06. The Balaban J connectivity index is 1.98. The van der Waals surface area contributed by atoms with Gasteiger partial charge in [0.15, 0.2) is 0 Å². The molecule has 0 atom stereocenters. The molecule has 5 nitrogen and oxygen atoms in total. The van der Waals surface area contributed by atoms with E-state index in [1.807, 2.05) is 26.0 Å². The molecular formula is C15H18N4OS. The van der Waals surface area contributed by atoms with Crippen molar-refractivity contribution < 1.29 is 4.74 Å². The predicted molar refractivity (Wildman–Crippen MR) is 84.8 cm³/mol. The van der Waals surface area contributed by atoms with Crippen molar-refractivity contribution in [2.75, 3.05) is 6.54 Å².